The molecule has 0 radical (unpaired) electrons. The summed E-state index contributed by atoms with van der Waals surface area (Å²) in [5.74, 6) is 6.64. The van der Waals surface area contributed by atoms with Gasteiger partial charge in [-0.3, -0.25) is 5.43 Å². The Kier molecular flexibility index (Phi) is 4.30. The SMILES string of the molecule is CC(C)N(Cc1ccccc1)c1ccnc(NN)n1. The third kappa shape index (κ3) is 3.42. The Morgan fingerprint density at radius 2 is 1.95 bits per heavy atom. The van der Waals surface area contributed by atoms with Gasteiger partial charge in [0.2, 0.25) is 5.95 Å². The molecule has 19 heavy (non-hydrogen) atoms. The second-order valence-corrected chi connectivity index (χ2v) is 4.59. The van der Waals surface area contributed by atoms with Crippen LogP contribution < -0.4 is 16.2 Å². The van der Waals surface area contributed by atoms with Gasteiger partial charge in [0.05, 0.1) is 0 Å². The standard InChI is InChI=1S/C14H19N5/c1-11(2)19(10-12-6-4-3-5-7-12)13-8-9-16-14(17-13)18-15/h3-9,11H,10,15H2,1-2H3,(H,16,17,18). The van der Waals surface area contributed by atoms with Crippen molar-refractivity contribution in [3.8, 4) is 0 Å². The zero-order chi connectivity index (χ0) is 13.7. The molecule has 0 amide bonds. The summed E-state index contributed by atoms with van der Waals surface area (Å²) >= 11 is 0. The van der Waals surface area contributed by atoms with Gasteiger partial charge in [0.1, 0.15) is 5.82 Å². The number of nitrogens with one attached hydrogen (secondary N) is 1. The highest BCUT2D eigenvalue weighted by atomic mass is 15.3. The largest absolute Gasteiger partial charge is 0.350 e. The van der Waals surface area contributed by atoms with E-state index in [-0.39, 0.29) is 0 Å². The lowest BCUT2D eigenvalue weighted by molar-refractivity contribution is 0.671. The van der Waals surface area contributed by atoms with Crippen molar-refractivity contribution in [1.29, 1.82) is 0 Å². The Labute approximate surface area is 113 Å². The predicted molar refractivity (Wildman–Crippen MR) is 77.6 cm³/mol. The average Bonchev–Trinajstić information content (AvgIpc) is 2.45. The Morgan fingerprint density at radius 1 is 1.21 bits per heavy atom. The van der Waals surface area contributed by atoms with Gasteiger partial charge in [-0.05, 0) is 25.5 Å². The van der Waals surface area contributed by atoms with Crippen molar-refractivity contribution in [2.75, 3.05) is 10.3 Å². The lowest BCUT2D eigenvalue weighted by Crippen LogP contribution is -2.31. The Morgan fingerprint density at radius 3 is 2.58 bits per heavy atom. The summed E-state index contributed by atoms with van der Waals surface area (Å²) in [6.45, 7) is 5.08. The zero-order valence-corrected chi connectivity index (χ0v) is 11.2. The van der Waals surface area contributed by atoms with Crippen LogP contribution in [0.2, 0.25) is 0 Å². The van der Waals surface area contributed by atoms with Crippen LogP contribution in [0.25, 0.3) is 0 Å². The number of hydrazine groups is 1. The van der Waals surface area contributed by atoms with E-state index in [4.69, 9.17) is 5.84 Å². The van der Waals surface area contributed by atoms with Crippen molar-refractivity contribution >= 4 is 11.8 Å². The molecule has 1 aromatic heterocycles. The minimum Gasteiger partial charge on any atom is -0.350 e. The summed E-state index contributed by atoms with van der Waals surface area (Å²) in [5.41, 5.74) is 3.72. The van der Waals surface area contributed by atoms with Crippen molar-refractivity contribution < 1.29 is 0 Å². The molecule has 0 aliphatic heterocycles. The molecule has 2 rings (SSSR count). The van der Waals surface area contributed by atoms with Gasteiger partial charge in [-0.1, -0.05) is 30.3 Å². The number of nitrogen functional groups attached to an aromatic ring is 1. The summed E-state index contributed by atoms with van der Waals surface area (Å²) < 4.78 is 0. The van der Waals surface area contributed by atoms with Gasteiger partial charge in [-0.25, -0.2) is 10.8 Å². The summed E-state index contributed by atoms with van der Waals surface area (Å²) in [4.78, 5) is 10.6. The number of hydrogen-bond donors (Lipinski definition) is 2. The van der Waals surface area contributed by atoms with Crippen molar-refractivity contribution in [2.45, 2.75) is 26.4 Å². The van der Waals surface area contributed by atoms with E-state index in [1.165, 1.54) is 5.56 Å². The van der Waals surface area contributed by atoms with E-state index < -0.39 is 0 Å². The molecular formula is C14H19N5. The minimum absolute atomic E-state index is 0.334. The fourth-order valence-corrected chi connectivity index (χ4v) is 1.89. The number of benzene rings is 1. The van der Waals surface area contributed by atoms with E-state index >= 15 is 0 Å². The average molecular weight is 257 g/mol. The van der Waals surface area contributed by atoms with Crippen molar-refractivity contribution in [2.24, 2.45) is 5.84 Å². The molecule has 5 nitrogen and oxygen atoms in total. The quantitative estimate of drug-likeness (QED) is 0.635. The van der Waals surface area contributed by atoms with Crippen LogP contribution in [0.4, 0.5) is 11.8 Å². The molecule has 0 saturated heterocycles. The van der Waals surface area contributed by atoms with Crippen LogP contribution in [0.1, 0.15) is 19.4 Å². The minimum atomic E-state index is 0.334. The molecular weight excluding hydrogens is 238 g/mol. The molecule has 5 heteroatoms. The maximum absolute atomic E-state index is 5.35. The molecule has 0 aliphatic rings. The van der Waals surface area contributed by atoms with E-state index in [2.05, 4.69) is 46.3 Å². The summed E-state index contributed by atoms with van der Waals surface area (Å²) in [6, 6.07) is 12.5. The smallest absolute Gasteiger partial charge is 0.239 e. The van der Waals surface area contributed by atoms with Gasteiger partial charge in [-0.15, -0.1) is 0 Å². The first kappa shape index (κ1) is 13.3. The second-order valence-electron chi connectivity index (χ2n) is 4.59. The fraction of sp³-hybridized carbons (Fsp3) is 0.286. The molecule has 0 saturated carbocycles. The Hall–Kier alpha value is -2.14. The molecule has 0 unspecified atom stereocenters. The molecule has 0 aliphatic carbocycles. The number of nitrogens with zero attached hydrogens (tertiary/aromatic N) is 3. The first-order valence-corrected chi connectivity index (χ1v) is 6.31. The first-order valence-electron chi connectivity index (χ1n) is 6.31. The number of anilines is 2. The molecule has 0 atom stereocenters. The molecule has 1 aromatic carbocycles. The van der Waals surface area contributed by atoms with Gasteiger partial charge < -0.3 is 4.90 Å². The lowest BCUT2D eigenvalue weighted by Gasteiger charge is -2.28. The van der Waals surface area contributed by atoms with E-state index in [1.807, 2.05) is 24.3 Å². The monoisotopic (exact) mass is 257 g/mol. The summed E-state index contributed by atoms with van der Waals surface area (Å²) in [7, 11) is 0. The number of nitrogens with two attached hydrogens (primary N) is 1. The summed E-state index contributed by atoms with van der Waals surface area (Å²) in [5, 5.41) is 0. The first-order chi connectivity index (χ1) is 9.20. The van der Waals surface area contributed by atoms with Crippen LogP contribution in [0.15, 0.2) is 42.6 Å². The van der Waals surface area contributed by atoms with Crippen molar-refractivity contribution in [3.63, 3.8) is 0 Å². The molecule has 0 fully saturated rings. The lowest BCUT2D eigenvalue weighted by atomic mass is 10.2. The highest BCUT2D eigenvalue weighted by Gasteiger charge is 2.13. The third-order valence-electron chi connectivity index (χ3n) is 2.88. The molecule has 3 N–H and O–H groups in total. The normalized spacial score (nSPS) is 10.5. The van der Waals surface area contributed by atoms with Crippen LogP contribution in [0, 0.1) is 0 Å². The highest BCUT2D eigenvalue weighted by molar-refractivity contribution is 5.43. The molecule has 1 heterocycles. The third-order valence-corrected chi connectivity index (χ3v) is 2.88. The van der Waals surface area contributed by atoms with Gasteiger partial charge in [0.15, 0.2) is 0 Å². The zero-order valence-electron chi connectivity index (χ0n) is 11.2. The van der Waals surface area contributed by atoms with Gasteiger partial charge in [0.25, 0.3) is 0 Å². The van der Waals surface area contributed by atoms with Crippen LogP contribution in [-0.2, 0) is 6.54 Å². The highest BCUT2D eigenvalue weighted by Crippen LogP contribution is 2.18. The van der Waals surface area contributed by atoms with Gasteiger partial charge in [-0.2, -0.15) is 4.98 Å². The van der Waals surface area contributed by atoms with Crippen molar-refractivity contribution in [1.82, 2.24) is 9.97 Å². The number of hydrogen-bond acceptors (Lipinski definition) is 5. The van der Waals surface area contributed by atoms with Crippen LogP contribution in [0.5, 0.6) is 0 Å². The molecule has 0 bridgehead atoms. The van der Waals surface area contributed by atoms with E-state index in [0.29, 0.717) is 12.0 Å². The van der Waals surface area contributed by atoms with E-state index in [9.17, 15) is 0 Å². The van der Waals surface area contributed by atoms with E-state index in [0.717, 1.165) is 12.4 Å². The van der Waals surface area contributed by atoms with Crippen LogP contribution >= 0.6 is 0 Å². The number of rotatable bonds is 5. The van der Waals surface area contributed by atoms with Gasteiger partial charge >= 0.3 is 0 Å². The fourth-order valence-electron chi connectivity index (χ4n) is 1.89. The molecule has 2 aromatic rings. The van der Waals surface area contributed by atoms with Gasteiger partial charge in [0, 0.05) is 18.8 Å². The molecule has 0 spiro atoms. The predicted octanol–water partition coefficient (Wildman–Crippen LogP) is 2.18. The second kappa shape index (κ2) is 6.15. The number of aromatic nitrogens is 2. The van der Waals surface area contributed by atoms with Crippen LogP contribution in [0.3, 0.4) is 0 Å². The maximum atomic E-state index is 5.35. The Balaban J connectivity index is 2.24. The topological polar surface area (TPSA) is 67.1 Å². The molecule has 100 valence electrons. The maximum Gasteiger partial charge on any atom is 0.239 e. The van der Waals surface area contributed by atoms with Crippen LogP contribution in [-0.4, -0.2) is 16.0 Å². The summed E-state index contributed by atoms with van der Waals surface area (Å²) in [6.07, 6.45) is 1.71. The van der Waals surface area contributed by atoms with Crippen molar-refractivity contribution in [3.05, 3.63) is 48.2 Å². The van der Waals surface area contributed by atoms with E-state index in [1.54, 1.807) is 6.20 Å². The Bertz CT molecular complexity index is 512.